The Bertz CT molecular complexity index is 1150. The van der Waals surface area contributed by atoms with Gasteiger partial charge in [-0.05, 0) is 62.1 Å². The van der Waals surface area contributed by atoms with Gasteiger partial charge in [-0.3, -0.25) is 4.99 Å². The molecule has 0 spiro atoms. The summed E-state index contributed by atoms with van der Waals surface area (Å²) in [6, 6.07) is 20.0. The fourth-order valence-corrected chi connectivity index (χ4v) is 3.34. The number of aliphatic hydroxyl groups is 1. The van der Waals surface area contributed by atoms with E-state index >= 15 is 0 Å². The van der Waals surface area contributed by atoms with Gasteiger partial charge in [-0.25, -0.2) is 0 Å². The maximum absolute atomic E-state index is 9.13. The van der Waals surface area contributed by atoms with E-state index in [-0.39, 0.29) is 5.76 Å². The number of rotatable bonds is 5. The summed E-state index contributed by atoms with van der Waals surface area (Å²) in [5.74, 6) is 0.145. The largest absolute Gasteiger partial charge is 0.508 e. The van der Waals surface area contributed by atoms with E-state index in [1.807, 2.05) is 116 Å². The van der Waals surface area contributed by atoms with Crippen molar-refractivity contribution in [2.24, 2.45) is 16.5 Å². The third-order valence-corrected chi connectivity index (χ3v) is 5.07. The molecule has 3 aromatic rings. The average molecular weight is 488 g/mol. The van der Waals surface area contributed by atoms with E-state index in [9.17, 15) is 0 Å². The zero-order chi connectivity index (χ0) is 27.8. The average Bonchev–Trinajstić information content (AvgIpc) is 2.89. The van der Waals surface area contributed by atoms with Gasteiger partial charge in [-0.15, -0.1) is 0 Å². The number of benzene rings is 3. The fraction of sp³-hybridized carbons (Fsp3) is 0.281. The van der Waals surface area contributed by atoms with Crippen molar-refractivity contribution in [3.8, 4) is 0 Å². The van der Waals surface area contributed by atoms with Crippen LogP contribution in [0.1, 0.15) is 73.6 Å². The second-order valence-corrected chi connectivity index (χ2v) is 7.88. The summed E-state index contributed by atoms with van der Waals surface area (Å²) in [5.41, 5.74) is 21.1. The lowest BCUT2D eigenvalue weighted by molar-refractivity contribution is 0.513. The third-order valence-electron chi connectivity index (χ3n) is 5.07. The van der Waals surface area contributed by atoms with Gasteiger partial charge in [0, 0.05) is 29.1 Å². The van der Waals surface area contributed by atoms with Crippen LogP contribution in [-0.4, -0.2) is 10.8 Å². The lowest BCUT2D eigenvalue weighted by Crippen LogP contribution is -2.04. The number of aliphatic imine (C=N–C) groups is 1. The van der Waals surface area contributed by atoms with E-state index in [2.05, 4.69) is 13.2 Å². The first-order valence-corrected chi connectivity index (χ1v) is 12.5. The highest BCUT2D eigenvalue weighted by Gasteiger charge is 2.10. The quantitative estimate of drug-likeness (QED) is 0.249. The molecule has 0 fully saturated rings. The topological polar surface area (TPSA) is 84.6 Å². The van der Waals surface area contributed by atoms with Crippen LogP contribution >= 0.6 is 0 Å². The Kier molecular flexibility index (Phi) is 15.2. The van der Waals surface area contributed by atoms with Crippen LogP contribution in [0.2, 0.25) is 0 Å². The monoisotopic (exact) mass is 487 g/mol. The van der Waals surface area contributed by atoms with Gasteiger partial charge in [0.1, 0.15) is 5.76 Å². The van der Waals surface area contributed by atoms with Crippen LogP contribution in [0.3, 0.4) is 0 Å². The highest BCUT2D eigenvalue weighted by atomic mass is 16.3. The Morgan fingerprint density at radius 2 is 1.39 bits per heavy atom. The molecule has 194 valence electrons. The third kappa shape index (κ3) is 9.93. The van der Waals surface area contributed by atoms with Gasteiger partial charge in [-0.2, -0.15) is 0 Å². The molecule has 4 nitrogen and oxygen atoms in total. The minimum absolute atomic E-state index is 0.145. The standard InChI is InChI=1S/C18H21N3.C10H12O.2C2H6/c1-12-9-16(11-19)18(17(10-12)13(2)20)21-14(3)15-7-5-4-6-8-15;1-7-4-5-8(2)10(6-7)9(3)11;2*1-2/h4-10H,2,11,19-20H2,1,3H3;4-6,11H,3H2,1-2H3;2*1-2H3. The molecule has 0 bridgehead atoms. The van der Waals surface area contributed by atoms with Gasteiger partial charge >= 0.3 is 0 Å². The second kappa shape index (κ2) is 16.9. The van der Waals surface area contributed by atoms with Crippen molar-refractivity contribution in [2.45, 2.75) is 61.9 Å². The molecule has 0 heterocycles. The molecule has 0 saturated heterocycles. The minimum Gasteiger partial charge on any atom is -0.508 e. The van der Waals surface area contributed by atoms with Gasteiger partial charge in [0.05, 0.1) is 5.69 Å². The van der Waals surface area contributed by atoms with Crippen molar-refractivity contribution in [2.75, 3.05) is 0 Å². The Hall–Kier alpha value is -3.63. The van der Waals surface area contributed by atoms with Crippen LogP contribution in [-0.2, 0) is 6.54 Å². The zero-order valence-corrected chi connectivity index (χ0v) is 23.4. The zero-order valence-electron chi connectivity index (χ0n) is 23.4. The van der Waals surface area contributed by atoms with Gasteiger partial charge in [0.2, 0.25) is 0 Å². The summed E-state index contributed by atoms with van der Waals surface area (Å²) in [7, 11) is 0. The first kappa shape index (κ1) is 32.4. The van der Waals surface area contributed by atoms with Crippen molar-refractivity contribution < 1.29 is 5.11 Å². The predicted octanol–water partition coefficient (Wildman–Crippen LogP) is 8.41. The van der Waals surface area contributed by atoms with Crippen molar-refractivity contribution in [3.05, 3.63) is 113 Å². The molecule has 0 saturated carbocycles. The number of aryl methyl sites for hydroxylation is 3. The van der Waals surface area contributed by atoms with Crippen molar-refractivity contribution in [1.29, 1.82) is 0 Å². The van der Waals surface area contributed by atoms with Gasteiger partial charge in [-0.1, -0.05) is 94.9 Å². The van der Waals surface area contributed by atoms with Crippen LogP contribution in [0, 0.1) is 20.8 Å². The maximum atomic E-state index is 9.13. The van der Waals surface area contributed by atoms with Crippen LogP contribution in [0.4, 0.5) is 5.69 Å². The minimum atomic E-state index is 0.145. The molecule has 0 atom stereocenters. The van der Waals surface area contributed by atoms with Crippen molar-refractivity contribution in [3.63, 3.8) is 0 Å². The molecule has 0 aliphatic heterocycles. The maximum Gasteiger partial charge on any atom is 0.115 e. The lowest BCUT2D eigenvalue weighted by Gasteiger charge is -2.13. The molecule has 4 heteroatoms. The number of nitrogens with zero attached hydrogens (tertiary/aromatic N) is 1. The fourth-order valence-electron chi connectivity index (χ4n) is 3.34. The SMILES string of the molecule is C=C(N)c1cc(C)cc(CN)c1N=C(C)c1ccccc1.C=C(O)c1cc(C)ccc1C.CC.CC. The van der Waals surface area contributed by atoms with Gasteiger partial charge in [0.25, 0.3) is 0 Å². The smallest absolute Gasteiger partial charge is 0.115 e. The molecule has 0 radical (unpaired) electrons. The van der Waals surface area contributed by atoms with E-state index < -0.39 is 0 Å². The van der Waals surface area contributed by atoms with E-state index in [1.54, 1.807) is 0 Å². The Morgan fingerprint density at radius 1 is 0.833 bits per heavy atom. The molecular formula is C32H45N3O. The highest BCUT2D eigenvalue weighted by Crippen LogP contribution is 2.30. The molecule has 0 amide bonds. The normalized spacial score (nSPS) is 9.97. The lowest BCUT2D eigenvalue weighted by atomic mass is 10.0. The summed E-state index contributed by atoms with van der Waals surface area (Å²) in [4.78, 5) is 4.76. The van der Waals surface area contributed by atoms with Crippen LogP contribution in [0.5, 0.6) is 0 Å². The summed E-state index contributed by atoms with van der Waals surface area (Å²) in [5, 5.41) is 9.13. The molecule has 5 N–H and O–H groups in total. The Labute approximate surface area is 219 Å². The molecule has 3 rings (SSSR count). The van der Waals surface area contributed by atoms with Gasteiger partial charge in [0.15, 0.2) is 0 Å². The molecule has 0 aromatic heterocycles. The van der Waals surface area contributed by atoms with Crippen LogP contribution in [0.15, 0.2) is 78.8 Å². The molecule has 0 aliphatic rings. The van der Waals surface area contributed by atoms with Crippen LogP contribution < -0.4 is 11.5 Å². The molecular weight excluding hydrogens is 442 g/mol. The van der Waals surface area contributed by atoms with E-state index in [4.69, 9.17) is 21.6 Å². The molecule has 0 unspecified atom stereocenters. The van der Waals surface area contributed by atoms with E-state index in [0.29, 0.717) is 12.2 Å². The van der Waals surface area contributed by atoms with Crippen molar-refractivity contribution in [1.82, 2.24) is 0 Å². The first-order valence-electron chi connectivity index (χ1n) is 12.5. The van der Waals surface area contributed by atoms with Crippen molar-refractivity contribution >= 4 is 22.9 Å². The highest BCUT2D eigenvalue weighted by molar-refractivity contribution is 6.01. The second-order valence-electron chi connectivity index (χ2n) is 7.88. The molecule has 36 heavy (non-hydrogen) atoms. The summed E-state index contributed by atoms with van der Waals surface area (Å²) >= 11 is 0. The predicted molar refractivity (Wildman–Crippen MR) is 161 cm³/mol. The number of aliphatic hydroxyl groups excluding tert-OH is 1. The molecule has 0 aliphatic carbocycles. The number of hydrogen-bond donors (Lipinski definition) is 3. The number of hydrogen-bond acceptors (Lipinski definition) is 4. The Morgan fingerprint density at radius 3 is 1.86 bits per heavy atom. The number of nitrogens with two attached hydrogens (primary N) is 2. The Balaban J connectivity index is 0.000000688. The molecule has 3 aromatic carbocycles. The van der Waals surface area contributed by atoms with Crippen LogP contribution in [0.25, 0.3) is 11.5 Å². The summed E-state index contributed by atoms with van der Waals surface area (Å²) in [6.45, 7) is 23.7. The van der Waals surface area contributed by atoms with E-state index in [0.717, 1.165) is 50.3 Å². The first-order chi connectivity index (χ1) is 17.1. The van der Waals surface area contributed by atoms with Gasteiger partial charge < -0.3 is 16.6 Å². The summed E-state index contributed by atoms with van der Waals surface area (Å²) < 4.78 is 0. The summed E-state index contributed by atoms with van der Waals surface area (Å²) in [6.07, 6.45) is 0. The van der Waals surface area contributed by atoms with E-state index in [1.165, 1.54) is 0 Å².